The van der Waals surface area contributed by atoms with Crippen LogP contribution in [0.15, 0.2) is 0 Å². The molecular weight excluding hydrogens is 162 g/mol. The highest BCUT2D eigenvalue weighted by Gasteiger charge is 2.28. The zero-order valence-electron chi connectivity index (χ0n) is 6.79. The van der Waals surface area contributed by atoms with E-state index in [9.17, 15) is 8.42 Å². The molecule has 1 unspecified atom stereocenters. The molecule has 0 aromatic rings. The van der Waals surface area contributed by atoms with Gasteiger partial charge in [-0.15, -0.1) is 0 Å². The highest BCUT2D eigenvalue weighted by molar-refractivity contribution is 7.91. The molecule has 2 N–H and O–H groups in total. The molecule has 0 heterocycles. The SMILES string of the molecule is CC(N)CS(=O)(=O)CC1CC1. The van der Waals surface area contributed by atoms with E-state index in [1.165, 1.54) is 0 Å². The maximum atomic E-state index is 11.2. The third-order valence-corrected chi connectivity index (χ3v) is 3.72. The predicted octanol–water partition coefficient (Wildman–Crippen LogP) is 0.158. The maximum Gasteiger partial charge on any atom is 0.152 e. The second kappa shape index (κ2) is 3.11. The van der Waals surface area contributed by atoms with E-state index in [-0.39, 0.29) is 11.8 Å². The first-order valence-corrected chi connectivity index (χ1v) is 5.78. The molecule has 66 valence electrons. The fourth-order valence-corrected chi connectivity index (χ4v) is 3.10. The van der Waals surface area contributed by atoms with Gasteiger partial charge in [-0.3, -0.25) is 0 Å². The second-order valence-electron chi connectivity index (χ2n) is 3.50. The average Bonchev–Trinajstić information content (AvgIpc) is 2.43. The van der Waals surface area contributed by atoms with Crippen molar-refractivity contribution in [1.29, 1.82) is 0 Å². The number of nitrogens with two attached hydrogens (primary N) is 1. The van der Waals surface area contributed by atoms with E-state index in [1.807, 2.05) is 0 Å². The van der Waals surface area contributed by atoms with Gasteiger partial charge in [0, 0.05) is 6.04 Å². The van der Waals surface area contributed by atoms with Crippen LogP contribution in [0.2, 0.25) is 0 Å². The summed E-state index contributed by atoms with van der Waals surface area (Å²) in [6.45, 7) is 1.73. The monoisotopic (exact) mass is 177 g/mol. The van der Waals surface area contributed by atoms with E-state index < -0.39 is 9.84 Å². The topological polar surface area (TPSA) is 60.2 Å². The van der Waals surface area contributed by atoms with Crippen LogP contribution in [0.5, 0.6) is 0 Å². The molecule has 0 amide bonds. The van der Waals surface area contributed by atoms with Crippen LogP contribution in [0.25, 0.3) is 0 Å². The van der Waals surface area contributed by atoms with Gasteiger partial charge in [-0.2, -0.15) is 0 Å². The predicted molar refractivity (Wildman–Crippen MR) is 45.0 cm³/mol. The van der Waals surface area contributed by atoms with Crippen LogP contribution < -0.4 is 5.73 Å². The number of sulfone groups is 1. The maximum absolute atomic E-state index is 11.2. The van der Waals surface area contributed by atoms with Crippen molar-refractivity contribution in [1.82, 2.24) is 0 Å². The lowest BCUT2D eigenvalue weighted by Gasteiger charge is -2.05. The van der Waals surface area contributed by atoms with Crippen molar-refractivity contribution >= 4 is 9.84 Å². The van der Waals surface area contributed by atoms with Gasteiger partial charge >= 0.3 is 0 Å². The number of hydrogen-bond acceptors (Lipinski definition) is 3. The molecule has 0 saturated heterocycles. The van der Waals surface area contributed by atoms with Crippen LogP contribution in [-0.4, -0.2) is 26.0 Å². The summed E-state index contributed by atoms with van der Waals surface area (Å²) >= 11 is 0. The molecule has 1 aliphatic carbocycles. The molecule has 1 rings (SSSR count). The van der Waals surface area contributed by atoms with Gasteiger partial charge in [-0.05, 0) is 25.7 Å². The Morgan fingerprint density at radius 2 is 2.09 bits per heavy atom. The van der Waals surface area contributed by atoms with Gasteiger partial charge in [0.1, 0.15) is 0 Å². The molecular formula is C7H15NO2S. The van der Waals surface area contributed by atoms with Crippen LogP contribution in [0, 0.1) is 5.92 Å². The molecule has 0 bridgehead atoms. The zero-order chi connectivity index (χ0) is 8.48. The van der Waals surface area contributed by atoms with Crippen LogP contribution in [0.4, 0.5) is 0 Å². The smallest absolute Gasteiger partial charge is 0.152 e. The molecule has 11 heavy (non-hydrogen) atoms. The Balaban J connectivity index is 2.38. The fraction of sp³-hybridized carbons (Fsp3) is 1.00. The molecule has 0 radical (unpaired) electrons. The lowest BCUT2D eigenvalue weighted by molar-refractivity contribution is 0.586. The summed E-state index contributed by atoms with van der Waals surface area (Å²) < 4.78 is 22.4. The highest BCUT2D eigenvalue weighted by atomic mass is 32.2. The molecule has 0 aromatic carbocycles. The summed E-state index contributed by atoms with van der Waals surface area (Å²) in [5, 5.41) is 0. The second-order valence-corrected chi connectivity index (χ2v) is 5.65. The first-order valence-electron chi connectivity index (χ1n) is 3.95. The lowest BCUT2D eigenvalue weighted by atomic mass is 10.4. The van der Waals surface area contributed by atoms with Crippen molar-refractivity contribution in [2.75, 3.05) is 11.5 Å². The lowest BCUT2D eigenvalue weighted by Crippen LogP contribution is -2.28. The van der Waals surface area contributed by atoms with Crippen LogP contribution in [0.3, 0.4) is 0 Å². The Labute approximate surface area is 67.9 Å². The van der Waals surface area contributed by atoms with Crippen LogP contribution in [0.1, 0.15) is 19.8 Å². The standard InChI is InChI=1S/C7H15NO2S/c1-6(8)4-11(9,10)5-7-2-3-7/h6-7H,2-5,8H2,1H3. The average molecular weight is 177 g/mol. The van der Waals surface area contributed by atoms with E-state index in [4.69, 9.17) is 5.73 Å². The summed E-state index contributed by atoms with van der Waals surface area (Å²) in [6, 6.07) is -0.223. The third kappa shape index (κ3) is 3.72. The van der Waals surface area contributed by atoms with Gasteiger partial charge < -0.3 is 5.73 Å². The minimum atomic E-state index is -2.84. The van der Waals surface area contributed by atoms with E-state index in [2.05, 4.69) is 0 Å². The van der Waals surface area contributed by atoms with E-state index in [0.29, 0.717) is 11.7 Å². The minimum Gasteiger partial charge on any atom is -0.327 e. The molecule has 1 aliphatic rings. The van der Waals surface area contributed by atoms with Gasteiger partial charge in [0.15, 0.2) is 9.84 Å². The Bertz CT molecular complexity index is 207. The fourth-order valence-electron chi connectivity index (χ4n) is 1.11. The van der Waals surface area contributed by atoms with Crippen molar-refractivity contribution < 1.29 is 8.42 Å². The number of hydrogen-bond donors (Lipinski definition) is 1. The van der Waals surface area contributed by atoms with Gasteiger partial charge in [-0.1, -0.05) is 0 Å². The molecule has 1 atom stereocenters. The molecule has 1 saturated carbocycles. The van der Waals surface area contributed by atoms with E-state index >= 15 is 0 Å². The Kier molecular flexibility index (Phi) is 2.54. The van der Waals surface area contributed by atoms with E-state index in [0.717, 1.165) is 12.8 Å². The Hall–Kier alpha value is -0.0900. The van der Waals surface area contributed by atoms with Gasteiger partial charge in [0.05, 0.1) is 11.5 Å². The molecule has 3 nitrogen and oxygen atoms in total. The highest BCUT2D eigenvalue weighted by Crippen LogP contribution is 2.30. The summed E-state index contributed by atoms with van der Waals surface area (Å²) in [6.07, 6.45) is 2.16. The summed E-state index contributed by atoms with van der Waals surface area (Å²) in [5.74, 6) is 0.941. The summed E-state index contributed by atoms with van der Waals surface area (Å²) in [7, 11) is -2.84. The van der Waals surface area contributed by atoms with Crippen LogP contribution in [-0.2, 0) is 9.84 Å². The van der Waals surface area contributed by atoms with Gasteiger partial charge in [0.2, 0.25) is 0 Å². The Morgan fingerprint density at radius 1 is 1.55 bits per heavy atom. The third-order valence-electron chi connectivity index (χ3n) is 1.70. The van der Waals surface area contributed by atoms with Crippen molar-refractivity contribution in [2.24, 2.45) is 11.7 Å². The van der Waals surface area contributed by atoms with E-state index in [1.54, 1.807) is 6.92 Å². The van der Waals surface area contributed by atoms with Gasteiger partial charge in [-0.25, -0.2) is 8.42 Å². The molecule has 4 heteroatoms. The number of rotatable bonds is 4. The van der Waals surface area contributed by atoms with Crippen molar-refractivity contribution in [3.63, 3.8) is 0 Å². The molecule has 0 spiro atoms. The first kappa shape index (κ1) is 9.00. The van der Waals surface area contributed by atoms with Crippen molar-refractivity contribution in [3.05, 3.63) is 0 Å². The van der Waals surface area contributed by atoms with Crippen molar-refractivity contribution in [3.8, 4) is 0 Å². The molecule has 1 fully saturated rings. The van der Waals surface area contributed by atoms with Gasteiger partial charge in [0.25, 0.3) is 0 Å². The summed E-state index contributed by atoms with van der Waals surface area (Å²) in [5.41, 5.74) is 5.40. The van der Waals surface area contributed by atoms with Crippen LogP contribution >= 0.6 is 0 Å². The first-order chi connectivity index (χ1) is 4.99. The normalized spacial score (nSPS) is 21.6. The zero-order valence-corrected chi connectivity index (χ0v) is 7.60. The quantitative estimate of drug-likeness (QED) is 0.665. The minimum absolute atomic E-state index is 0.142. The Morgan fingerprint density at radius 3 is 2.45 bits per heavy atom. The molecule has 0 aromatic heterocycles. The largest absolute Gasteiger partial charge is 0.327 e. The summed E-state index contributed by atoms with van der Waals surface area (Å²) in [4.78, 5) is 0. The van der Waals surface area contributed by atoms with Crippen molar-refractivity contribution in [2.45, 2.75) is 25.8 Å². The molecule has 0 aliphatic heterocycles.